The Morgan fingerprint density at radius 2 is 1.93 bits per heavy atom. The maximum atomic E-state index is 13.4. The lowest BCUT2D eigenvalue weighted by atomic mass is 10.1. The number of rotatable bonds is 7. The van der Waals surface area contributed by atoms with Crippen LogP contribution in [-0.4, -0.2) is 39.8 Å². The third-order valence-electron chi connectivity index (χ3n) is 4.85. The summed E-state index contributed by atoms with van der Waals surface area (Å²) in [6.07, 6.45) is 4.11. The number of thiazole rings is 1. The second kappa shape index (κ2) is 8.66. The fourth-order valence-electron chi connectivity index (χ4n) is 3.28. The van der Waals surface area contributed by atoms with Crippen molar-refractivity contribution in [3.05, 3.63) is 75.9 Å². The summed E-state index contributed by atoms with van der Waals surface area (Å²) in [5, 5.41) is 2.77. The zero-order valence-corrected chi connectivity index (χ0v) is 16.7. The molecule has 30 heavy (non-hydrogen) atoms. The largest absolute Gasteiger partial charge is 0.326 e. The zero-order valence-electron chi connectivity index (χ0n) is 15.9. The number of anilines is 1. The van der Waals surface area contributed by atoms with E-state index in [1.165, 1.54) is 33.4 Å². The van der Waals surface area contributed by atoms with Crippen molar-refractivity contribution in [1.82, 2.24) is 14.9 Å². The lowest BCUT2D eigenvalue weighted by molar-refractivity contribution is 0.0982. The Kier molecular flexibility index (Phi) is 5.80. The van der Waals surface area contributed by atoms with Gasteiger partial charge in [0.15, 0.2) is 17.4 Å². The molecule has 2 aromatic heterocycles. The number of aryl methyl sites for hydroxylation is 1. The van der Waals surface area contributed by atoms with Gasteiger partial charge in [0.2, 0.25) is 0 Å². The summed E-state index contributed by atoms with van der Waals surface area (Å²) in [6.45, 7) is 0.979. The van der Waals surface area contributed by atoms with E-state index < -0.39 is 11.6 Å². The van der Waals surface area contributed by atoms with E-state index in [0.29, 0.717) is 42.9 Å². The van der Waals surface area contributed by atoms with Gasteiger partial charge in [-0.15, -0.1) is 11.3 Å². The third-order valence-corrected chi connectivity index (χ3v) is 5.69. The normalized spacial score (nSPS) is 13.9. The molecule has 0 N–H and O–H groups in total. The predicted molar refractivity (Wildman–Crippen MR) is 109 cm³/mol. The Hall–Kier alpha value is -3.20. The fourth-order valence-corrected chi connectivity index (χ4v) is 3.90. The number of benzene rings is 1. The Bertz CT molecular complexity index is 1070. The van der Waals surface area contributed by atoms with Gasteiger partial charge in [-0.05, 0) is 29.8 Å². The number of halogens is 2. The van der Waals surface area contributed by atoms with Crippen molar-refractivity contribution in [2.75, 3.05) is 18.0 Å². The SMILES string of the molecule is O=C(CCc1nccs1)c1ccnc(N2CCN(Cc3ccc(F)c(F)c3)C2=O)c1. The fraction of sp³-hybridized carbons (Fsp3) is 0.238. The van der Waals surface area contributed by atoms with Crippen LogP contribution in [0.1, 0.15) is 27.3 Å². The molecule has 0 aliphatic carbocycles. The van der Waals surface area contributed by atoms with Crippen LogP contribution in [0.2, 0.25) is 0 Å². The lowest BCUT2D eigenvalue weighted by Gasteiger charge is -2.18. The number of carbonyl (C=O) groups excluding carboxylic acids is 2. The summed E-state index contributed by atoms with van der Waals surface area (Å²) >= 11 is 1.51. The maximum Gasteiger partial charge on any atom is 0.326 e. The summed E-state index contributed by atoms with van der Waals surface area (Å²) in [5.74, 6) is -1.51. The van der Waals surface area contributed by atoms with Crippen molar-refractivity contribution in [2.45, 2.75) is 19.4 Å². The molecule has 9 heteroatoms. The summed E-state index contributed by atoms with van der Waals surface area (Å²) in [5.41, 5.74) is 0.992. The number of ketones is 1. The summed E-state index contributed by atoms with van der Waals surface area (Å²) < 4.78 is 26.5. The van der Waals surface area contributed by atoms with Crippen molar-refractivity contribution in [2.24, 2.45) is 0 Å². The first-order valence-electron chi connectivity index (χ1n) is 9.39. The zero-order chi connectivity index (χ0) is 21.1. The van der Waals surface area contributed by atoms with Crippen LogP contribution in [0.15, 0.2) is 48.1 Å². The Morgan fingerprint density at radius 1 is 1.07 bits per heavy atom. The first kappa shape index (κ1) is 20.1. The molecule has 3 aromatic rings. The van der Waals surface area contributed by atoms with E-state index in [-0.39, 0.29) is 18.4 Å². The highest BCUT2D eigenvalue weighted by Crippen LogP contribution is 2.22. The number of Topliss-reactive ketones (excluding diaryl/α,β-unsaturated/α-hetero) is 1. The van der Waals surface area contributed by atoms with Gasteiger partial charge in [0.25, 0.3) is 0 Å². The topological polar surface area (TPSA) is 66.4 Å². The standard InChI is InChI=1S/C21H18F2N4O2S/c22-16-2-1-14(11-17(16)23)13-26-8-9-27(21(26)29)19-12-15(5-6-24-19)18(28)3-4-20-25-7-10-30-20/h1-2,5-7,10-12H,3-4,8-9,13H2. The summed E-state index contributed by atoms with van der Waals surface area (Å²) in [4.78, 5) is 36.7. The van der Waals surface area contributed by atoms with Crippen molar-refractivity contribution >= 4 is 29.0 Å². The molecule has 3 heterocycles. The average molecular weight is 428 g/mol. The second-order valence-electron chi connectivity index (χ2n) is 6.86. The van der Waals surface area contributed by atoms with Gasteiger partial charge in [-0.2, -0.15) is 0 Å². The van der Waals surface area contributed by atoms with Crippen LogP contribution in [0.3, 0.4) is 0 Å². The highest BCUT2D eigenvalue weighted by Gasteiger charge is 2.30. The van der Waals surface area contributed by atoms with Gasteiger partial charge >= 0.3 is 6.03 Å². The smallest absolute Gasteiger partial charge is 0.318 e. The van der Waals surface area contributed by atoms with E-state index in [0.717, 1.165) is 17.1 Å². The molecule has 0 unspecified atom stereocenters. The average Bonchev–Trinajstić information content (AvgIpc) is 3.39. The van der Waals surface area contributed by atoms with E-state index >= 15 is 0 Å². The highest BCUT2D eigenvalue weighted by atomic mass is 32.1. The minimum atomic E-state index is -0.943. The highest BCUT2D eigenvalue weighted by molar-refractivity contribution is 7.09. The minimum Gasteiger partial charge on any atom is -0.318 e. The van der Waals surface area contributed by atoms with Crippen LogP contribution >= 0.6 is 11.3 Å². The van der Waals surface area contributed by atoms with Crippen LogP contribution in [0.25, 0.3) is 0 Å². The van der Waals surface area contributed by atoms with Gasteiger partial charge in [0.05, 0.1) is 5.01 Å². The predicted octanol–water partition coefficient (Wildman–Crippen LogP) is 4.07. The number of hydrogen-bond donors (Lipinski definition) is 0. The molecule has 1 saturated heterocycles. The molecule has 0 bridgehead atoms. The van der Waals surface area contributed by atoms with Crippen LogP contribution in [0, 0.1) is 11.6 Å². The first-order chi connectivity index (χ1) is 14.5. The van der Waals surface area contributed by atoms with Gasteiger partial charge in [-0.25, -0.2) is 23.5 Å². The maximum absolute atomic E-state index is 13.4. The molecule has 0 radical (unpaired) electrons. The molecule has 1 aromatic carbocycles. The third kappa shape index (κ3) is 4.35. The molecule has 0 saturated carbocycles. The van der Waals surface area contributed by atoms with Gasteiger partial charge in [-0.3, -0.25) is 9.69 Å². The lowest BCUT2D eigenvalue weighted by Crippen LogP contribution is -2.32. The van der Waals surface area contributed by atoms with E-state index in [2.05, 4.69) is 9.97 Å². The Labute approximate surface area is 175 Å². The summed E-state index contributed by atoms with van der Waals surface area (Å²) in [6, 6.07) is 6.54. The number of pyridine rings is 1. The van der Waals surface area contributed by atoms with Gasteiger partial charge in [0.1, 0.15) is 5.82 Å². The number of amides is 2. The molecule has 2 amide bonds. The van der Waals surface area contributed by atoms with Crippen molar-refractivity contribution in [3.63, 3.8) is 0 Å². The van der Waals surface area contributed by atoms with E-state index in [1.54, 1.807) is 18.3 Å². The van der Waals surface area contributed by atoms with E-state index in [9.17, 15) is 18.4 Å². The molecule has 0 atom stereocenters. The monoisotopic (exact) mass is 428 g/mol. The molecule has 154 valence electrons. The van der Waals surface area contributed by atoms with E-state index in [1.807, 2.05) is 5.38 Å². The molecule has 1 aliphatic heterocycles. The number of nitrogens with zero attached hydrogens (tertiary/aromatic N) is 4. The summed E-state index contributed by atoms with van der Waals surface area (Å²) in [7, 11) is 0. The van der Waals surface area contributed by atoms with Crippen molar-refractivity contribution in [1.29, 1.82) is 0 Å². The van der Waals surface area contributed by atoms with Gasteiger partial charge < -0.3 is 4.90 Å². The molecule has 1 aliphatic rings. The quantitative estimate of drug-likeness (QED) is 0.532. The van der Waals surface area contributed by atoms with Crippen molar-refractivity contribution < 1.29 is 18.4 Å². The molecule has 1 fully saturated rings. The van der Waals surface area contributed by atoms with Gasteiger partial charge in [-0.1, -0.05) is 6.07 Å². The van der Waals surface area contributed by atoms with E-state index in [4.69, 9.17) is 0 Å². The van der Waals surface area contributed by atoms with Crippen LogP contribution in [-0.2, 0) is 13.0 Å². The molecule has 4 rings (SSSR count). The number of carbonyl (C=O) groups is 2. The number of urea groups is 1. The van der Waals surface area contributed by atoms with Crippen LogP contribution in [0.4, 0.5) is 19.4 Å². The van der Waals surface area contributed by atoms with Crippen molar-refractivity contribution in [3.8, 4) is 0 Å². The molecular weight excluding hydrogens is 410 g/mol. The minimum absolute atomic E-state index is 0.0425. The first-order valence-corrected chi connectivity index (χ1v) is 10.3. The number of hydrogen-bond acceptors (Lipinski definition) is 5. The Balaban J connectivity index is 1.42. The number of aromatic nitrogens is 2. The van der Waals surface area contributed by atoms with Crippen LogP contribution in [0.5, 0.6) is 0 Å². The molecule has 6 nitrogen and oxygen atoms in total. The molecule has 0 spiro atoms. The van der Waals surface area contributed by atoms with Gasteiger partial charge in [0, 0.05) is 55.8 Å². The molecular formula is C21H18F2N4O2S. The van der Waals surface area contributed by atoms with Crippen LogP contribution < -0.4 is 4.90 Å². The Morgan fingerprint density at radius 3 is 2.70 bits per heavy atom. The second-order valence-corrected chi connectivity index (χ2v) is 7.84.